The molecule has 5 heteroatoms. The number of hydrogen-bond acceptors (Lipinski definition) is 3. The third kappa shape index (κ3) is 3.53. The molecule has 0 radical (unpaired) electrons. The van der Waals surface area contributed by atoms with Gasteiger partial charge in [-0.3, -0.25) is 4.79 Å². The van der Waals surface area contributed by atoms with Crippen LogP contribution >= 0.6 is 11.6 Å². The van der Waals surface area contributed by atoms with E-state index >= 15 is 0 Å². The predicted octanol–water partition coefficient (Wildman–Crippen LogP) is 3.40. The summed E-state index contributed by atoms with van der Waals surface area (Å²) in [6.45, 7) is 0. The van der Waals surface area contributed by atoms with Gasteiger partial charge in [0.2, 0.25) is 0 Å². The van der Waals surface area contributed by atoms with Crippen molar-refractivity contribution in [2.24, 2.45) is 5.92 Å². The zero-order valence-corrected chi connectivity index (χ0v) is 11.6. The van der Waals surface area contributed by atoms with Crippen molar-refractivity contribution in [3.05, 3.63) is 23.2 Å². The predicted molar refractivity (Wildman–Crippen MR) is 75.0 cm³/mol. The molecule has 1 saturated carbocycles. The molecule has 2 atom stereocenters. The molecule has 2 N–H and O–H groups in total. The van der Waals surface area contributed by atoms with E-state index in [0.717, 1.165) is 30.7 Å². The smallest absolute Gasteiger partial charge is 0.306 e. The first kappa shape index (κ1) is 14.0. The van der Waals surface area contributed by atoms with Gasteiger partial charge in [-0.1, -0.05) is 18.0 Å². The van der Waals surface area contributed by atoms with Gasteiger partial charge in [0, 0.05) is 12.1 Å². The second-order valence-corrected chi connectivity index (χ2v) is 5.30. The van der Waals surface area contributed by atoms with Crippen LogP contribution in [0, 0.1) is 5.92 Å². The first-order valence-electron chi connectivity index (χ1n) is 6.43. The number of methoxy groups -OCH3 is 1. The minimum atomic E-state index is -0.705. The van der Waals surface area contributed by atoms with Crippen LogP contribution in [-0.4, -0.2) is 24.2 Å². The lowest BCUT2D eigenvalue weighted by Gasteiger charge is -2.28. The minimum Gasteiger partial charge on any atom is -0.497 e. The van der Waals surface area contributed by atoms with Crippen molar-refractivity contribution < 1.29 is 14.6 Å². The fourth-order valence-corrected chi connectivity index (χ4v) is 2.68. The Kier molecular flexibility index (Phi) is 4.53. The van der Waals surface area contributed by atoms with E-state index in [1.165, 1.54) is 0 Å². The molecular formula is C14H18ClNO3. The van der Waals surface area contributed by atoms with Crippen molar-refractivity contribution in [3.63, 3.8) is 0 Å². The molecule has 104 valence electrons. The average molecular weight is 284 g/mol. The summed E-state index contributed by atoms with van der Waals surface area (Å²) in [7, 11) is 1.61. The van der Waals surface area contributed by atoms with Crippen molar-refractivity contribution in [2.75, 3.05) is 12.4 Å². The molecule has 0 spiro atoms. The number of hydrogen-bond donors (Lipinski definition) is 2. The van der Waals surface area contributed by atoms with Gasteiger partial charge in [-0.25, -0.2) is 0 Å². The zero-order chi connectivity index (χ0) is 13.8. The highest BCUT2D eigenvalue weighted by atomic mass is 35.5. The van der Waals surface area contributed by atoms with E-state index in [2.05, 4.69) is 5.32 Å². The minimum absolute atomic E-state index is 0.152. The molecule has 0 saturated heterocycles. The van der Waals surface area contributed by atoms with E-state index < -0.39 is 5.97 Å². The molecule has 0 amide bonds. The zero-order valence-electron chi connectivity index (χ0n) is 10.9. The van der Waals surface area contributed by atoms with Crippen molar-refractivity contribution in [3.8, 4) is 5.75 Å². The standard InChI is InChI=1S/C14H18ClNO3/c1-19-11-5-6-12(15)13(8-11)16-10-4-2-3-9(7-10)14(17)18/h5-6,8-10,16H,2-4,7H2,1H3,(H,17,18). The summed E-state index contributed by atoms with van der Waals surface area (Å²) < 4.78 is 5.17. The molecule has 0 aromatic heterocycles. The molecule has 0 aliphatic heterocycles. The van der Waals surface area contributed by atoms with Crippen molar-refractivity contribution in [1.82, 2.24) is 0 Å². The maximum absolute atomic E-state index is 11.0. The molecule has 2 rings (SSSR count). The molecule has 1 aliphatic carbocycles. The van der Waals surface area contributed by atoms with Crippen LogP contribution in [-0.2, 0) is 4.79 Å². The number of ether oxygens (including phenoxy) is 1. The van der Waals surface area contributed by atoms with Crippen molar-refractivity contribution in [2.45, 2.75) is 31.7 Å². The van der Waals surface area contributed by atoms with Gasteiger partial charge in [0.15, 0.2) is 0 Å². The van der Waals surface area contributed by atoms with E-state index in [4.69, 9.17) is 21.4 Å². The lowest BCUT2D eigenvalue weighted by molar-refractivity contribution is -0.142. The topological polar surface area (TPSA) is 58.6 Å². The van der Waals surface area contributed by atoms with Crippen LogP contribution in [0.4, 0.5) is 5.69 Å². The van der Waals surface area contributed by atoms with Gasteiger partial charge in [-0.05, 0) is 31.4 Å². The Bertz CT molecular complexity index is 464. The molecule has 19 heavy (non-hydrogen) atoms. The fraction of sp³-hybridized carbons (Fsp3) is 0.500. The number of halogens is 1. The Morgan fingerprint density at radius 2 is 2.26 bits per heavy atom. The van der Waals surface area contributed by atoms with E-state index in [1.54, 1.807) is 19.2 Å². The highest BCUT2D eigenvalue weighted by Crippen LogP contribution is 2.31. The number of rotatable bonds is 4. The molecule has 0 bridgehead atoms. The second-order valence-electron chi connectivity index (χ2n) is 4.89. The van der Waals surface area contributed by atoms with Gasteiger partial charge in [0.25, 0.3) is 0 Å². The number of anilines is 1. The molecule has 1 aromatic carbocycles. The second kappa shape index (κ2) is 6.15. The lowest BCUT2D eigenvalue weighted by atomic mass is 9.85. The van der Waals surface area contributed by atoms with Crippen LogP contribution in [0.3, 0.4) is 0 Å². The largest absolute Gasteiger partial charge is 0.497 e. The monoisotopic (exact) mass is 283 g/mol. The summed E-state index contributed by atoms with van der Waals surface area (Å²) >= 11 is 6.14. The number of carbonyl (C=O) groups is 1. The maximum Gasteiger partial charge on any atom is 0.306 e. The normalized spacial score (nSPS) is 22.8. The SMILES string of the molecule is COc1ccc(Cl)c(NC2CCCC(C(=O)O)C2)c1. The Hall–Kier alpha value is -1.42. The van der Waals surface area contributed by atoms with Gasteiger partial charge >= 0.3 is 5.97 Å². The Morgan fingerprint density at radius 3 is 2.95 bits per heavy atom. The fourth-order valence-electron chi connectivity index (χ4n) is 2.51. The Morgan fingerprint density at radius 1 is 1.47 bits per heavy atom. The van der Waals surface area contributed by atoms with E-state index in [0.29, 0.717) is 11.4 Å². The number of benzene rings is 1. The molecule has 4 nitrogen and oxygen atoms in total. The average Bonchev–Trinajstić information content (AvgIpc) is 2.41. The van der Waals surface area contributed by atoms with E-state index in [9.17, 15) is 4.79 Å². The Labute approximate surface area is 117 Å². The molecule has 1 aliphatic rings. The highest BCUT2D eigenvalue weighted by Gasteiger charge is 2.27. The summed E-state index contributed by atoms with van der Waals surface area (Å²) in [4.78, 5) is 11.0. The van der Waals surface area contributed by atoms with Crippen LogP contribution in [0.15, 0.2) is 18.2 Å². The molecule has 1 fully saturated rings. The van der Waals surface area contributed by atoms with Crippen LogP contribution in [0.5, 0.6) is 5.75 Å². The van der Waals surface area contributed by atoms with Crippen LogP contribution in [0.25, 0.3) is 0 Å². The number of aliphatic carboxylic acids is 1. The third-order valence-electron chi connectivity index (χ3n) is 3.56. The highest BCUT2D eigenvalue weighted by molar-refractivity contribution is 6.33. The van der Waals surface area contributed by atoms with E-state index in [-0.39, 0.29) is 12.0 Å². The molecular weight excluding hydrogens is 266 g/mol. The first-order chi connectivity index (χ1) is 9.10. The van der Waals surface area contributed by atoms with Gasteiger partial charge < -0.3 is 15.2 Å². The van der Waals surface area contributed by atoms with Crippen LogP contribution in [0.1, 0.15) is 25.7 Å². The maximum atomic E-state index is 11.0. The van der Waals surface area contributed by atoms with Gasteiger partial charge in [-0.15, -0.1) is 0 Å². The number of carboxylic acid groups (broad SMARTS) is 1. The first-order valence-corrected chi connectivity index (χ1v) is 6.81. The summed E-state index contributed by atoms with van der Waals surface area (Å²) in [6.07, 6.45) is 3.30. The van der Waals surface area contributed by atoms with Gasteiger partial charge in [0.05, 0.1) is 23.7 Å². The molecule has 2 unspecified atom stereocenters. The number of nitrogens with one attached hydrogen (secondary N) is 1. The quantitative estimate of drug-likeness (QED) is 0.889. The molecule has 0 heterocycles. The van der Waals surface area contributed by atoms with Crippen LogP contribution in [0.2, 0.25) is 5.02 Å². The molecule has 1 aromatic rings. The summed E-state index contributed by atoms with van der Waals surface area (Å²) in [5.41, 5.74) is 0.803. The summed E-state index contributed by atoms with van der Waals surface area (Å²) in [5, 5.41) is 13.0. The summed E-state index contributed by atoms with van der Waals surface area (Å²) in [5.74, 6) is -0.226. The van der Waals surface area contributed by atoms with Crippen LogP contribution < -0.4 is 10.1 Å². The van der Waals surface area contributed by atoms with Crippen molar-refractivity contribution >= 4 is 23.3 Å². The third-order valence-corrected chi connectivity index (χ3v) is 3.89. The van der Waals surface area contributed by atoms with Crippen molar-refractivity contribution in [1.29, 1.82) is 0 Å². The van der Waals surface area contributed by atoms with Gasteiger partial charge in [0.1, 0.15) is 5.75 Å². The Balaban J connectivity index is 2.06. The van der Waals surface area contributed by atoms with Gasteiger partial charge in [-0.2, -0.15) is 0 Å². The summed E-state index contributed by atoms with van der Waals surface area (Å²) in [6, 6.07) is 5.57. The van der Waals surface area contributed by atoms with E-state index in [1.807, 2.05) is 6.07 Å². The number of carboxylic acids is 1. The lowest BCUT2D eigenvalue weighted by Crippen LogP contribution is -2.31.